The van der Waals surface area contributed by atoms with Crippen LogP contribution in [0.3, 0.4) is 0 Å². The van der Waals surface area contributed by atoms with Crippen molar-refractivity contribution < 1.29 is 24.1 Å². The normalized spacial score (nSPS) is 15.0. The lowest BCUT2D eigenvalue weighted by molar-refractivity contribution is -0.164. The van der Waals surface area contributed by atoms with Crippen molar-refractivity contribution in [3.05, 3.63) is 29.6 Å². The smallest absolute Gasteiger partial charge is 0.312 e. The molecule has 0 fully saturated rings. The molecule has 0 aliphatic heterocycles. The minimum absolute atomic E-state index is 0.0441. The van der Waals surface area contributed by atoms with E-state index in [-0.39, 0.29) is 11.3 Å². The van der Waals surface area contributed by atoms with Crippen molar-refractivity contribution >= 4 is 5.97 Å². The molecule has 0 aromatic heterocycles. The number of methoxy groups -OCH3 is 1. The Morgan fingerprint density at radius 1 is 1.33 bits per heavy atom. The largest absolute Gasteiger partial charge is 0.494 e. The van der Waals surface area contributed by atoms with Gasteiger partial charge in [-0.25, -0.2) is 4.39 Å². The van der Waals surface area contributed by atoms with Gasteiger partial charge in [-0.1, -0.05) is 6.07 Å². The number of carbonyl (C=O) groups is 1. The fourth-order valence-electron chi connectivity index (χ4n) is 1.54. The zero-order valence-electron chi connectivity index (χ0n) is 10.8. The van der Waals surface area contributed by atoms with Crippen LogP contribution in [-0.2, 0) is 10.4 Å². The van der Waals surface area contributed by atoms with Gasteiger partial charge in [0.05, 0.1) is 12.5 Å². The van der Waals surface area contributed by atoms with E-state index in [4.69, 9.17) is 9.84 Å². The van der Waals surface area contributed by atoms with Crippen LogP contribution in [0.25, 0.3) is 0 Å². The lowest BCUT2D eigenvalue weighted by Crippen LogP contribution is -2.45. The molecule has 0 heterocycles. The lowest BCUT2D eigenvalue weighted by Gasteiger charge is -2.37. The Morgan fingerprint density at radius 3 is 2.28 bits per heavy atom. The maximum Gasteiger partial charge on any atom is 0.312 e. The molecule has 2 N–H and O–H groups in total. The molecule has 0 radical (unpaired) electrons. The van der Waals surface area contributed by atoms with Gasteiger partial charge in [-0.3, -0.25) is 4.79 Å². The molecule has 4 nitrogen and oxygen atoms in total. The van der Waals surface area contributed by atoms with Gasteiger partial charge >= 0.3 is 5.97 Å². The van der Waals surface area contributed by atoms with E-state index >= 15 is 0 Å². The van der Waals surface area contributed by atoms with Gasteiger partial charge < -0.3 is 14.9 Å². The van der Waals surface area contributed by atoms with Crippen LogP contribution in [0.1, 0.15) is 26.3 Å². The van der Waals surface area contributed by atoms with E-state index in [9.17, 15) is 14.3 Å². The highest BCUT2D eigenvalue weighted by Gasteiger charge is 2.47. The Bertz CT molecular complexity index is 466. The van der Waals surface area contributed by atoms with Crippen molar-refractivity contribution in [1.82, 2.24) is 0 Å². The van der Waals surface area contributed by atoms with Crippen molar-refractivity contribution in [3.8, 4) is 5.75 Å². The van der Waals surface area contributed by atoms with Crippen LogP contribution >= 0.6 is 0 Å². The predicted octanol–water partition coefficient (Wildman–Crippen LogP) is 2.15. The fourth-order valence-corrected chi connectivity index (χ4v) is 1.54. The zero-order chi connectivity index (χ0) is 14.1. The third-order valence-corrected chi connectivity index (χ3v) is 3.47. The monoisotopic (exact) mass is 256 g/mol. The molecule has 0 bridgehead atoms. The number of aliphatic hydroxyl groups is 1. The van der Waals surface area contributed by atoms with Crippen molar-refractivity contribution in [2.24, 2.45) is 5.41 Å². The van der Waals surface area contributed by atoms with Crippen LogP contribution in [0.4, 0.5) is 4.39 Å². The van der Waals surface area contributed by atoms with Crippen LogP contribution in [0.15, 0.2) is 18.2 Å². The summed E-state index contributed by atoms with van der Waals surface area (Å²) >= 11 is 0. The number of carboxylic acid groups (broad SMARTS) is 1. The topological polar surface area (TPSA) is 66.8 Å². The Hall–Kier alpha value is -1.62. The van der Waals surface area contributed by atoms with Gasteiger partial charge in [0.15, 0.2) is 11.6 Å². The molecular weight excluding hydrogens is 239 g/mol. The third kappa shape index (κ3) is 2.18. The molecule has 0 amide bonds. The first kappa shape index (κ1) is 14.4. The summed E-state index contributed by atoms with van der Waals surface area (Å²) in [6.45, 7) is 4.12. The molecule has 1 atom stereocenters. The van der Waals surface area contributed by atoms with E-state index in [1.54, 1.807) is 0 Å². The molecule has 0 spiro atoms. The summed E-state index contributed by atoms with van der Waals surface area (Å²) in [5, 5.41) is 19.5. The second kappa shape index (κ2) is 4.57. The van der Waals surface area contributed by atoms with Gasteiger partial charge in [-0.05, 0) is 38.5 Å². The molecule has 0 saturated carbocycles. The minimum Gasteiger partial charge on any atom is -0.494 e. The molecule has 1 aromatic rings. The molecule has 18 heavy (non-hydrogen) atoms. The zero-order valence-corrected chi connectivity index (χ0v) is 10.8. The van der Waals surface area contributed by atoms with Gasteiger partial charge in [-0.2, -0.15) is 0 Å². The molecule has 100 valence electrons. The van der Waals surface area contributed by atoms with Crippen LogP contribution < -0.4 is 4.74 Å². The van der Waals surface area contributed by atoms with Gasteiger partial charge in [0.2, 0.25) is 0 Å². The summed E-state index contributed by atoms with van der Waals surface area (Å²) in [7, 11) is 1.33. The lowest BCUT2D eigenvalue weighted by atomic mass is 9.72. The maximum atomic E-state index is 13.6. The molecule has 0 saturated heterocycles. The summed E-state index contributed by atoms with van der Waals surface area (Å²) in [6, 6.07) is 3.90. The summed E-state index contributed by atoms with van der Waals surface area (Å²) in [5.41, 5.74) is -2.96. The number of halogens is 1. The van der Waals surface area contributed by atoms with Gasteiger partial charge in [0.1, 0.15) is 5.60 Å². The molecule has 0 aliphatic rings. The van der Waals surface area contributed by atoms with E-state index in [1.807, 2.05) is 0 Å². The van der Waals surface area contributed by atoms with Crippen LogP contribution in [0, 0.1) is 11.2 Å². The Kier molecular flexibility index (Phi) is 3.67. The first-order valence-corrected chi connectivity index (χ1v) is 5.44. The van der Waals surface area contributed by atoms with E-state index < -0.39 is 22.8 Å². The van der Waals surface area contributed by atoms with Gasteiger partial charge in [0.25, 0.3) is 0 Å². The predicted molar refractivity (Wildman–Crippen MR) is 63.9 cm³/mol. The average molecular weight is 256 g/mol. The minimum atomic E-state index is -1.70. The molecule has 1 aromatic carbocycles. The van der Waals surface area contributed by atoms with Crippen molar-refractivity contribution in [1.29, 1.82) is 0 Å². The van der Waals surface area contributed by atoms with Gasteiger partial charge in [0, 0.05) is 0 Å². The highest BCUT2D eigenvalue weighted by molar-refractivity contribution is 5.75. The van der Waals surface area contributed by atoms with E-state index in [1.165, 1.54) is 40.0 Å². The van der Waals surface area contributed by atoms with E-state index in [2.05, 4.69) is 0 Å². The van der Waals surface area contributed by atoms with E-state index in [0.717, 1.165) is 6.07 Å². The molecule has 5 heteroatoms. The van der Waals surface area contributed by atoms with Crippen LogP contribution in [-0.4, -0.2) is 23.3 Å². The van der Waals surface area contributed by atoms with Gasteiger partial charge in [-0.15, -0.1) is 0 Å². The highest BCUT2D eigenvalue weighted by atomic mass is 19.1. The quantitative estimate of drug-likeness (QED) is 0.866. The standard InChI is InChI=1S/C13H17FO4/c1-12(2,11(15)16)13(3,17)8-5-6-10(18-4)9(14)7-8/h5-7,17H,1-4H3,(H,15,16). The Morgan fingerprint density at radius 2 is 1.89 bits per heavy atom. The second-order valence-corrected chi connectivity index (χ2v) is 4.85. The number of rotatable bonds is 4. The maximum absolute atomic E-state index is 13.6. The number of aliphatic carboxylic acids is 1. The number of hydrogen-bond donors (Lipinski definition) is 2. The summed E-state index contributed by atoms with van der Waals surface area (Å²) in [6.07, 6.45) is 0. The number of ether oxygens (including phenoxy) is 1. The fraction of sp³-hybridized carbons (Fsp3) is 0.462. The first-order chi connectivity index (χ1) is 8.14. The number of benzene rings is 1. The summed E-state index contributed by atoms with van der Waals surface area (Å²) in [5.74, 6) is -1.76. The Labute approximate surface area is 105 Å². The van der Waals surface area contributed by atoms with Crippen LogP contribution in [0.5, 0.6) is 5.75 Å². The molecule has 0 aliphatic carbocycles. The molecule has 1 unspecified atom stereocenters. The van der Waals surface area contributed by atoms with E-state index in [0.29, 0.717) is 0 Å². The first-order valence-electron chi connectivity index (χ1n) is 5.44. The number of hydrogen-bond acceptors (Lipinski definition) is 3. The van der Waals surface area contributed by atoms with Crippen molar-refractivity contribution in [3.63, 3.8) is 0 Å². The van der Waals surface area contributed by atoms with Crippen molar-refractivity contribution in [2.75, 3.05) is 7.11 Å². The second-order valence-electron chi connectivity index (χ2n) is 4.85. The molecule has 1 rings (SSSR count). The summed E-state index contributed by atoms with van der Waals surface area (Å²) < 4.78 is 18.4. The number of carboxylic acids is 1. The average Bonchev–Trinajstić information content (AvgIpc) is 2.28. The Balaban J connectivity index is 3.29. The summed E-state index contributed by atoms with van der Waals surface area (Å²) in [4.78, 5) is 11.2. The third-order valence-electron chi connectivity index (χ3n) is 3.47. The SMILES string of the molecule is COc1ccc(C(C)(O)C(C)(C)C(=O)O)cc1F. The highest BCUT2D eigenvalue weighted by Crippen LogP contribution is 2.40. The van der Waals surface area contributed by atoms with Crippen LogP contribution in [0.2, 0.25) is 0 Å². The van der Waals surface area contributed by atoms with Crippen molar-refractivity contribution in [2.45, 2.75) is 26.4 Å². The molecular formula is C13H17FO4.